The average Bonchev–Trinajstić information content (AvgIpc) is 2.72. The zero-order valence-corrected chi connectivity index (χ0v) is 20.8. The van der Waals surface area contributed by atoms with Crippen LogP contribution in [0, 0.1) is 0 Å². The van der Waals surface area contributed by atoms with Crippen LogP contribution in [-0.4, -0.2) is 41.6 Å². The second-order valence-electron chi connectivity index (χ2n) is 6.50. The minimum atomic E-state index is -3.29. The number of nitrogens with one attached hydrogen (secondary N) is 3. The van der Waals surface area contributed by atoms with Gasteiger partial charge in [0.05, 0.1) is 19.4 Å². The molecule has 2 aromatic carbocycles. The molecule has 166 valence electrons. The largest absolute Gasteiger partial charge is 0.497 e. The van der Waals surface area contributed by atoms with Gasteiger partial charge in [-0.15, -0.1) is 24.0 Å². The summed E-state index contributed by atoms with van der Waals surface area (Å²) in [5.41, 5.74) is 2.92. The number of guanidine groups is 1. The Balaban J connectivity index is 0.00000450. The number of nitrogens with zero attached hydrogens (tertiary/aromatic N) is 1. The third-order valence-electron chi connectivity index (χ3n) is 4.29. The van der Waals surface area contributed by atoms with Crippen LogP contribution in [0.3, 0.4) is 0 Å². The van der Waals surface area contributed by atoms with Gasteiger partial charge >= 0.3 is 0 Å². The molecule has 0 spiro atoms. The Morgan fingerprint density at radius 1 is 1.03 bits per heavy atom. The van der Waals surface area contributed by atoms with Gasteiger partial charge in [-0.3, -0.25) is 0 Å². The van der Waals surface area contributed by atoms with Crippen LogP contribution in [0.5, 0.6) is 5.75 Å². The number of ether oxygens (including phenoxy) is 1. The van der Waals surface area contributed by atoms with Gasteiger partial charge in [0.15, 0.2) is 5.96 Å². The summed E-state index contributed by atoms with van der Waals surface area (Å²) in [6, 6.07) is 15.5. The molecule has 0 saturated heterocycles. The van der Waals surface area contributed by atoms with Crippen molar-refractivity contribution in [2.75, 3.05) is 27.2 Å². The summed E-state index contributed by atoms with van der Waals surface area (Å²) in [5.74, 6) is 1.54. The number of benzene rings is 2. The third kappa shape index (κ3) is 9.31. The molecule has 0 unspecified atom stereocenters. The Morgan fingerprint density at radius 2 is 1.73 bits per heavy atom. The summed E-state index contributed by atoms with van der Waals surface area (Å²) >= 11 is 0. The van der Waals surface area contributed by atoms with E-state index in [1.165, 1.54) is 12.6 Å². The van der Waals surface area contributed by atoms with Crippen LogP contribution in [-0.2, 0) is 28.7 Å². The molecule has 30 heavy (non-hydrogen) atoms. The fourth-order valence-electron chi connectivity index (χ4n) is 2.74. The Hall–Kier alpha value is -1.85. The van der Waals surface area contributed by atoms with Crippen molar-refractivity contribution in [1.82, 2.24) is 15.4 Å². The van der Waals surface area contributed by atoms with Crippen molar-refractivity contribution in [2.45, 2.75) is 25.6 Å². The molecule has 2 rings (SSSR count). The van der Waals surface area contributed by atoms with Gasteiger partial charge in [-0.25, -0.2) is 18.1 Å². The van der Waals surface area contributed by atoms with Gasteiger partial charge in [0.1, 0.15) is 5.75 Å². The van der Waals surface area contributed by atoms with Crippen LogP contribution >= 0.6 is 24.0 Å². The standard InChI is InChI=1S/C21H30N4O3S.HI/c1-4-23-21(24-13-12-17-8-10-20(28-3)11-9-17)25-15-18-6-5-7-19(14-18)16-29(26,27)22-2;/h5-11,14,22H,4,12-13,15-16H2,1-3H3,(H2,23,24,25);1H. The first kappa shape index (κ1) is 26.2. The van der Waals surface area contributed by atoms with Gasteiger partial charge in [0.2, 0.25) is 10.0 Å². The lowest BCUT2D eigenvalue weighted by Crippen LogP contribution is -2.38. The summed E-state index contributed by atoms with van der Waals surface area (Å²) in [7, 11) is -0.212. The van der Waals surface area contributed by atoms with Crippen LogP contribution < -0.4 is 20.1 Å². The second-order valence-corrected chi connectivity index (χ2v) is 8.43. The van der Waals surface area contributed by atoms with E-state index in [0.717, 1.165) is 42.3 Å². The molecule has 0 bridgehead atoms. The minimum absolute atomic E-state index is 0. The highest BCUT2D eigenvalue weighted by atomic mass is 127. The molecule has 2 aromatic rings. The van der Waals surface area contributed by atoms with Gasteiger partial charge in [-0.05, 0) is 49.2 Å². The predicted molar refractivity (Wildman–Crippen MR) is 133 cm³/mol. The lowest BCUT2D eigenvalue weighted by Gasteiger charge is -2.12. The van der Waals surface area contributed by atoms with Gasteiger partial charge in [0.25, 0.3) is 0 Å². The van der Waals surface area contributed by atoms with E-state index in [0.29, 0.717) is 6.54 Å². The first-order valence-electron chi connectivity index (χ1n) is 9.60. The number of sulfonamides is 1. The fourth-order valence-corrected chi connectivity index (χ4v) is 3.50. The SMILES string of the molecule is CCNC(=NCc1cccc(CS(=O)(=O)NC)c1)NCCc1ccc(OC)cc1.I. The van der Waals surface area contributed by atoms with Gasteiger partial charge in [-0.1, -0.05) is 36.4 Å². The van der Waals surface area contributed by atoms with Crippen molar-refractivity contribution in [3.8, 4) is 5.75 Å². The topological polar surface area (TPSA) is 91.8 Å². The average molecular weight is 546 g/mol. The summed E-state index contributed by atoms with van der Waals surface area (Å²) in [6.45, 7) is 3.99. The number of hydrogen-bond acceptors (Lipinski definition) is 4. The van der Waals surface area contributed by atoms with Crippen molar-refractivity contribution < 1.29 is 13.2 Å². The van der Waals surface area contributed by atoms with Crippen molar-refractivity contribution in [3.63, 3.8) is 0 Å². The van der Waals surface area contributed by atoms with E-state index in [1.807, 2.05) is 37.3 Å². The highest BCUT2D eigenvalue weighted by molar-refractivity contribution is 14.0. The Bertz CT molecular complexity index is 903. The molecule has 0 heterocycles. The number of methoxy groups -OCH3 is 1. The van der Waals surface area contributed by atoms with E-state index in [2.05, 4.69) is 32.5 Å². The molecule has 0 fully saturated rings. The van der Waals surface area contributed by atoms with E-state index < -0.39 is 10.0 Å². The lowest BCUT2D eigenvalue weighted by atomic mass is 10.1. The van der Waals surface area contributed by atoms with Crippen molar-refractivity contribution in [2.24, 2.45) is 4.99 Å². The normalized spacial score (nSPS) is 11.5. The first-order valence-corrected chi connectivity index (χ1v) is 11.2. The van der Waals surface area contributed by atoms with Gasteiger partial charge < -0.3 is 15.4 Å². The van der Waals surface area contributed by atoms with E-state index >= 15 is 0 Å². The monoisotopic (exact) mass is 546 g/mol. The predicted octanol–water partition coefficient (Wildman–Crippen LogP) is 2.66. The zero-order chi connectivity index (χ0) is 21.1. The molecule has 0 aliphatic heterocycles. The highest BCUT2D eigenvalue weighted by Gasteiger charge is 2.08. The Labute approximate surface area is 196 Å². The van der Waals surface area contributed by atoms with Crippen molar-refractivity contribution in [3.05, 3.63) is 65.2 Å². The van der Waals surface area contributed by atoms with E-state index in [4.69, 9.17) is 4.74 Å². The Morgan fingerprint density at radius 3 is 2.37 bits per heavy atom. The molecular weight excluding hydrogens is 515 g/mol. The number of rotatable bonds is 10. The van der Waals surface area contributed by atoms with Crippen LogP contribution in [0.25, 0.3) is 0 Å². The third-order valence-corrected chi connectivity index (χ3v) is 5.62. The van der Waals surface area contributed by atoms with Crippen LogP contribution in [0.1, 0.15) is 23.6 Å². The summed E-state index contributed by atoms with van der Waals surface area (Å²) < 4.78 is 31.0. The van der Waals surface area contributed by atoms with E-state index in [1.54, 1.807) is 13.2 Å². The molecule has 7 nitrogen and oxygen atoms in total. The number of hydrogen-bond donors (Lipinski definition) is 3. The maximum atomic E-state index is 11.7. The summed E-state index contributed by atoms with van der Waals surface area (Å²) in [6.07, 6.45) is 0.867. The zero-order valence-electron chi connectivity index (χ0n) is 17.6. The maximum absolute atomic E-state index is 11.7. The second kappa shape index (κ2) is 13.5. The summed E-state index contributed by atoms with van der Waals surface area (Å²) in [5, 5.41) is 6.56. The Kier molecular flexibility index (Phi) is 11.7. The van der Waals surface area contributed by atoms with Crippen molar-refractivity contribution >= 4 is 40.0 Å². The van der Waals surface area contributed by atoms with Crippen molar-refractivity contribution in [1.29, 1.82) is 0 Å². The van der Waals surface area contributed by atoms with E-state index in [9.17, 15) is 8.42 Å². The molecule has 0 amide bonds. The smallest absolute Gasteiger partial charge is 0.215 e. The lowest BCUT2D eigenvalue weighted by molar-refractivity contribution is 0.414. The highest BCUT2D eigenvalue weighted by Crippen LogP contribution is 2.11. The molecule has 9 heteroatoms. The van der Waals surface area contributed by atoms with Crippen LogP contribution in [0.2, 0.25) is 0 Å². The molecule has 0 radical (unpaired) electrons. The molecule has 0 aromatic heterocycles. The summed E-state index contributed by atoms with van der Waals surface area (Å²) in [4.78, 5) is 4.61. The molecule has 0 aliphatic carbocycles. The number of halogens is 1. The molecule has 0 saturated carbocycles. The first-order chi connectivity index (χ1) is 14.0. The molecule has 0 aliphatic rings. The van der Waals surface area contributed by atoms with E-state index in [-0.39, 0.29) is 29.7 Å². The molecular formula is C21H31IN4O3S. The van der Waals surface area contributed by atoms with Gasteiger partial charge in [0, 0.05) is 13.1 Å². The quantitative estimate of drug-likeness (QED) is 0.242. The fraction of sp³-hybridized carbons (Fsp3) is 0.381. The van der Waals surface area contributed by atoms with Crippen LogP contribution in [0.15, 0.2) is 53.5 Å². The van der Waals surface area contributed by atoms with Crippen LogP contribution in [0.4, 0.5) is 0 Å². The molecule has 3 N–H and O–H groups in total. The number of aliphatic imine (C=N–C) groups is 1. The van der Waals surface area contributed by atoms with Gasteiger partial charge in [-0.2, -0.15) is 0 Å². The maximum Gasteiger partial charge on any atom is 0.215 e. The minimum Gasteiger partial charge on any atom is -0.497 e. The molecule has 0 atom stereocenters.